The minimum Gasteiger partial charge on any atom is -0.381 e. The molecule has 9 heteroatoms. The fraction of sp³-hybridized carbons (Fsp3) is 0.583. The first kappa shape index (κ1) is 15.1. The highest BCUT2D eigenvalue weighted by Crippen LogP contribution is 2.33. The molecule has 0 aliphatic carbocycles. The van der Waals surface area contributed by atoms with Crippen molar-refractivity contribution in [1.82, 2.24) is 13.7 Å². The third kappa shape index (κ3) is 2.67. The van der Waals surface area contributed by atoms with Crippen molar-refractivity contribution in [1.29, 1.82) is 0 Å². The average Bonchev–Trinajstić information content (AvgIpc) is 2.85. The molecule has 0 unspecified atom stereocenters. The van der Waals surface area contributed by atoms with Gasteiger partial charge in [0.2, 0.25) is 0 Å². The van der Waals surface area contributed by atoms with Gasteiger partial charge >= 0.3 is 0 Å². The van der Waals surface area contributed by atoms with Crippen LogP contribution in [0.4, 0.5) is 5.82 Å². The average molecular weight is 347 g/mol. The van der Waals surface area contributed by atoms with Gasteiger partial charge in [0, 0.05) is 35.2 Å². The summed E-state index contributed by atoms with van der Waals surface area (Å²) in [5.74, 6) is 0.871. The van der Waals surface area contributed by atoms with E-state index < -0.39 is 10.0 Å². The van der Waals surface area contributed by atoms with Crippen molar-refractivity contribution in [2.24, 2.45) is 0 Å². The van der Waals surface area contributed by atoms with Crippen LogP contribution in [-0.4, -0.2) is 45.7 Å². The van der Waals surface area contributed by atoms with E-state index in [1.807, 2.05) is 17.1 Å². The topological polar surface area (TPSA) is 80.7 Å². The molecule has 3 rings (SSSR count). The van der Waals surface area contributed by atoms with Crippen molar-refractivity contribution in [2.45, 2.75) is 30.0 Å². The van der Waals surface area contributed by atoms with E-state index in [1.54, 1.807) is 10.6 Å². The summed E-state index contributed by atoms with van der Waals surface area (Å²) in [7, 11) is -3.62. The number of hydrogen-bond donors (Lipinski definition) is 1. The van der Waals surface area contributed by atoms with E-state index in [4.69, 9.17) is 5.73 Å². The number of thioether (sulfide) groups is 1. The Morgan fingerprint density at radius 2 is 2.14 bits per heavy atom. The maximum Gasteiger partial charge on any atom is 0.262 e. The molecule has 0 radical (unpaired) electrons. The molecule has 0 bridgehead atoms. The molecular formula is C12H18N4O2S3. The summed E-state index contributed by atoms with van der Waals surface area (Å²) in [6.45, 7) is 5.32. The van der Waals surface area contributed by atoms with Crippen LogP contribution < -0.4 is 5.73 Å². The predicted molar refractivity (Wildman–Crippen MR) is 87.4 cm³/mol. The number of fused-ring (bicyclic) bond motifs is 1. The van der Waals surface area contributed by atoms with Crippen LogP contribution in [0.3, 0.4) is 0 Å². The molecule has 3 heterocycles. The number of rotatable bonds is 2. The van der Waals surface area contributed by atoms with Crippen molar-refractivity contribution in [3.05, 3.63) is 11.6 Å². The van der Waals surface area contributed by atoms with Crippen molar-refractivity contribution < 1.29 is 8.42 Å². The molecule has 0 amide bonds. The second-order valence-electron chi connectivity index (χ2n) is 5.62. The Morgan fingerprint density at radius 1 is 1.38 bits per heavy atom. The third-order valence-corrected chi connectivity index (χ3v) is 7.69. The summed E-state index contributed by atoms with van der Waals surface area (Å²) in [5.41, 5.74) is 5.85. The van der Waals surface area contributed by atoms with E-state index in [0.717, 1.165) is 12.2 Å². The predicted octanol–water partition coefficient (Wildman–Crippen LogP) is 1.88. The zero-order valence-electron chi connectivity index (χ0n) is 11.9. The molecule has 6 nitrogen and oxygen atoms in total. The van der Waals surface area contributed by atoms with E-state index in [0.29, 0.717) is 18.1 Å². The zero-order chi connectivity index (χ0) is 15.3. The van der Waals surface area contributed by atoms with E-state index in [2.05, 4.69) is 18.8 Å². The van der Waals surface area contributed by atoms with Crippen LogP contribution in [0.2, 0.25) is 0 Å². The molecule has 1 fully saturated rings. The normalized spacial score (nSPS) is 20.7. The van der Waals surface area contributed by atoms with Crippen molar-refractivity contribution in [2.75, 3.05) is 24.6 Å². The second-order valence-corrected chi connectivity index (χ2v) is 10.1. The largest absolute Gasteiger partial charge is 0.381 e. The lowest BCUT2D eigenvalue weighted by molar-refractivity contribution is 0.413. The van der Waals surface area contributed by atoms with Gasteiger partial charge in [0.1, 0.15) is 0 Å². The van der Waals surface area contributed by atoms with Crippen molar-refractivity contribution >= 4 is 43.9 Å². The second kappa shape index (κ2) is 5.15. The molecule has 21 heavy (non-hydrogen) atoms. The monoisotopic (exact) mass is 346 g/mol. The van der Waals surface area contributed by atoms with E-state index >= 15 is 0 Å². The molecule has 2 aromatic heterocycles. The number of anilines is 1. The fourth-order valence-corrected chi connectivity index (χ4v) is 6.01. The summed E-state index contributed by atoms with van der Waals surface area (Å²) >= 11 is 3.18. The molecule has 2 N–H and O–H groups in total. The molecule has 1 aliphatic heterocycles. The van der Waals surface area contributed by atoms with E-state index in [1.165, 1.54) is 15.6 Å². The van der Waals surface area contributed by atoms with Gasteiger partial charge in [-0.1, -0.05) is 13.8 Å². The number of nitrogen functional groups attached to an aromatic ring is 1. The first-order valence-corrected chi connectivity index (χ1v) is 9.97. The van der Waals surface area contributed by atoms with Crippen LogP contribution in [0.25, 0.3) is 4.96 Å². The minimum atomic E-state index is -3.62. The minimum absolute atomic E-state index is 0.0815. The SMILES string of the molecule is CC1(C)CCN(S(=O)(=O)c2c(N)nc3sccn23)CCS1. The number of nitrogens with zero attached hydrogens (tertiary/aromatic N) is 3. The van der Waals surface area contributed by atoms with Crippen LogP contribution in [0.1, 0.15) is 20.3 Å². The van der Waals surface area contributed by atoms with E-state index in [9.17, 15) is 8.42 Å². The lowest BCUT2D eigenvalue weighted by Crippen LogP contribution is -2.34. The Labute approximate surface area is 132 Å². The Hall–Kier alpha value is -0.770. The lowest BCUT2D eigenvalue weighted by atomic mass is 10.1. The maximum atomic E-state index is 12.9. The van der Waals surface area contributed by atoms with Gasteiger partial charge in [0.15, 0.2) is 15.8 Å². The highest BCUT2D eigenvalue weighted by Gasteiger charge is 2.34. The summed E-state index contributed by atoms with van der Waals surface area (Å²) in [4.78, 5) is 4.74. The van der Waals surface area contributed by atoms with Gasteiger partial charge in [-0.05, 0) is 6.42 Å². The van der Waals surface area contributed by atoms with E-state index in [-0.39, 0.29) is 15.6 Å². The van der Waals surface area contributed by atoms with Gasteiger partial charge in [-0.15, -0.1) is 11.3 Å². The number of sulfonamides is 1. The van der Waals surface area contributed by atoms with Crippen molar-refractivity contribution in [3.63, 3.8) is 0 Å². The maximum absolute atomic E-state index is 12.9. The quantitative estimate of drug-likeness (QED) is 0.898. The molecule has 1 aliphatic rings. The molecule has 0 aromatic carbocycles. The Kier molecular flexibility index (Phi) is 3.71. The molecule has 116 valence electrons. The highest BCUT2D eigenvalue weighted by molar-refractivity contribution is 8.00. The first-order valence-electron chi connectivity index (χ1n) is 6.66. The highest BCUT2D eigenvalue weighted by atomic mass is 32.2. The van der Waals surface area contributed by atoms with Crippen LogP contribution in [-0.2, 0) is 10.0 Å². The summed E-state index contributed by atoms with van der Waals surface area (Å²) in [6, 6.07) is 0. The summed E-state index contributed by atoms with van der Waals surface area (Å²) in [6.07, 6.45) is 2.52. The molecule has 2 aromatic rings. The Morgan fingerprint density at radius 3 is 2.90 bits per heavy atom. The fourth-order valence-electron chi connectivity index (χ4n) is 2.40. The first-order chi connectivity index (χ1) is 9.81. The summed E-state index contributed by atoms with van der Waals surface area (Å²) < 4.78 is 29.1. The smallest absolute Gasteiger partial charge is 0.262 e. The number of thiazole rings is 1. The molecule has 0 saturated carbocycles. The van der Waals surface area contributed by atoms with Crippen LogP contribution in [0, 0.1) is 0 Å². The molecule has 0 spiro atoms. The van der Waals surface area contributed by atoms with Gasteiger partial charge in [-0.25, -0.2) is 13.4 Å². The Bertz CT molecular complexity index is 763. The Balaban J connectivity index is 2.00. The van der Waals surface area contributed by atoms with Gasteiger partial charge in [-0.2, -0.15) is 16.1 Å². The van der Waals surface area contributed by atoms with Gasteiger partial charge in [-0.3, -0.25) is 4.40 Å². The number of aromatic nitrogens is 2. The van der Waals surface area contributed by atoms with Gasteiger partial charge in [0.25, 0.3) is 10.0 Å². The zero-order valence-corrected chi connectivity index (χ0v) is 14.4. The third-order valence-electron chi connectivity index (χ3n) is 3.62. The number of hydrogen-bond acceptors (Lipinski definition) is 6. The molecular weight excluding hydrogens is 328 g/mol. The van der Waals surface area contributed by atoms with Crippen LogP contribution >= 0.6 is 23.1 Å². The molecule has 1 saturated heterocycles. The molecule has 0 atom stereocenters. The summed E-state index contributed by atoms with van der Waals surface area (Å²) in [5, 5.41) is 1.91. The number of nitrogens with two attached hydrogens (primary N) is 1. The van der Waals surface area contributed by atoms with Gasteiger partial charge < -0.3 is 5.73 Å². The van der Waals surface area contributed by atoms with Crippen LogP contribution in [0.15, 0.2) is 16.6 Å². The number of imidazole rings is 1. The van der Waals surface area contributed by atoms with Gasteiger partial charge in [0.05, 0.1) is 0 Å². The standard InChI is InChI=1S/C12H18N4O2S3/c1-12(2)3-4-15(5-8-20-12)21(17,18)10-9(13)14-11-16(10)6-7-19-11/h6-7H,3-5,8,13H2,1-2H3. The van der Waals surface area contributed by atoms with Crippen molar-refractivity contribution in [3.8, 4) is 0 Å². The lowest BCUT2D eigenvalue weighted by Gasteiger charge is -2.22. The van der Waals surface area contributed by atoms with Crippen LogP contribution in [0.5, 0.6) is 0 Å².